The third kappa shape index (κ3) is 2.55. The van der Waals surface area contributed by atoms with Gasteiger partial charge in [-0.3, -0.25) is 4.98 Å². The third-order valence-corrected chi connectivity index (χ3v) is 3.64. The normalized spacial score (nSPS) is 13.5. The molecule has 1 aliphatic rings. The summed E-state index contributed by atoms with van der Waals surface area (Å²) in [4.78, 5) is 4.30. The Hall–Kier alpha value is -2.03. The van der Waals surface area contributed by atoms with E-state index in [2.05, 4.69) is 39.9 Å². The molecule has 0 fully saturated rings. The first-order valence-electron chi connectivity index (χ1n) is 6.85. The zero-order chi connectivity index (χ0) is 13.1. The Morgan fingerprint density at radius 1 is 1.26 bits per heavy atom. The number of hydrogen-bond donors (Lipinski definition) is 2. The van der Waals surface area contributed by atoms with Crippen LogP contribution in [0.2, 0.25) is 0 Å². The molecule has 0 amide bonds. The van der Waals surface area contributed by atoms with Gasteiger partial charge >= 0.3 is 0 Å². The Kier molecular flexibility index (Phi) is 3.36. The molecule has 19 heavy (non-hydrogen) atoms. The van der Waals surface area contributed by atoms with Gasteiger partial charge in [0.2, 0.25) is 0 Å². The molecule has 2 N–H and O–H groups in total. The van der Waals surface area contributed by atoms with Crippen molar-refractivity contribution >= 4 is 11.4 Å². The van der Waals surface area contributed by atoms with Crippen molar-refractivity contribution < 1.29 is 0 Å². The molecule has 0 unspecified atom stereocenters. The fraction of sp³-hybridized carbons (Fsp3) is 0.312. The van der Waals surface area contributed by atoms with Gasteiger partial charge in [-0.25, -0.2) is 0 Å². The minimum Gasteiger partial charge on any atom is -0.385 e. The summed E-state index contributed by atoms with van der Waals surface area (Å²) in [6.07, 6.45) is 4.24. The topological polar surface area (TPSA) is 37.0 Å². The summed E-state index contributed by atoms with van der Waals surface area (Å²) < 4.78 is 0. The Balaban J connectivity index is 1.79. The average molecular weight is 253 g/mol. The largest absolute Gasteiger partial charge is 0.385 e. The van der Waals surface area contributed by atoms with E-state index >= 15 is 0 Å². The van der Waals surface area contributed by atoms with Gasteiger partial charge in [0.15, 0.2) is 0 Å². The van der Waals surface area contributed by atoms with Crippen molar-refractivity contribution in [1.82, 2.24) is 4.98 Å². The molecule has 1 aliphatic heterocycles. The molecule has 3 heteroatoms. The highest BCUT2D eigenvalue weighted by molar-refractivity contribution is 5.60. The van der Waals surface area contributed by atoms with E-state index in [1.807, 2.05) is 19.2 Å². The zero-order valence-corrected chi connectivity index (χ0v) is 11.2. The summed E-state index contributed by atoms with van der Waals surface area (Å²) in [6, 6.07) is 10.6. The second kappa shape index (κ2) is 5.31. The van der Waals surface area contributed by atoms with Crippen LogP contribution in [0.25, 0.3) is 0 Å². The summed E-state index contributed by atoms with van der Waals surface area (Å²) in [5, 5.41) is 7.00. The molecule has 3 rings (SSSR count). The number of benzene rings is 1. The monoisotopic (exact) mass is 253 g/mol. The number of aryl methyl sites for hydroxylation is 2. The number of nitrogens with zero attached hydrogens (tertiary/aromatic N) is 1. The minimum absolute atomic E-state index is 0.836. The van der Waals surface area contributed by atoms with Crippen molar-refractivity contribution in [2.45, 2.75) is 26.3 Å². The number of aromatic nitrogens is 1. The number of fused-ring (bicyclic) bond motifs is 1. The van der Waals surface area contributed by atoms with Crippen LogP contribution < -0.4 is 10.6 Å². The van der Waals surface area contributed by atoms with E-state index in [0.717, 1.165) is 24.5 Å². The zero-order valence-electron chi connectivity index (χ0n) is 11.2. The maximum Gasteiger partial charge on any atom is 0.0603 e. The number of hydrogen-bond acceptors (Lipinski definition) is 3. The smallest absolute Gasteiger partial charge is 0.0603 e. The van der Waals surface area contributed by atoms with Crippen molar-refractivity contribution in [3.05, 3.63) is 53.3 Å². The molecule has 0 bridgehead atoms. The molecule has 0 aliphatic carbocycles. The van der Waals surface area contributed by atoms with Gasteiger partial charge < -0.3 is 10.6 Å². The van der Waals surface area contributed by atoms with Crippen LogP contribution in [-0.4, -0.2) is 11.5 Å². The molecule has 0 atom stereocenters. The summed E-state index contributed by atoms with van der Waals surface area (Å²) in [6.45, 7) is 3.94. The lowest BCUT2D eigenvalue weighted by molar-refractivity contribution is 0.825. The molecule has 1 aromatic carbocycles. The van der Waals surface area contributed by atoms with Gasteiger partial charge in [-0.15, -0.1) is 0 Å². The Morgan fingerprint density at radius 2 is 2.21 bits per heavy atom. The third-order valence-electron chi connectivity index (χ3n) is 3.64. The molecule has 0 saturated heterocycles. The highest BCUT2D eigenvalue weighted by Crippen LogP contribution is 2.26. The Bertz CT molecular complexity index is 578. The standard InChI is InChI=1S/C16H19N3/c1-12-15(8-4-9-17-12)19-11-14-6-2-5-13-7-3-10-18-16(13)14/h2,4-6,8-9,18-19H,3,7,10-11H2,1H3. The van der Waals surface area contributed by atoms with Gasteiger partial charge in [0.05, 0.1) is 11.4 Å². The van der Waals surface area contributed by atoms with E-state index in [4.69, 9.17) is 0 Å². The molecule has 2 aromatic rings. The lowest BCUT2D eigenvalue weighted by Crippen LogP contribution is -2.15. The van der Waals surface area contributed by atoms with Crippen molar-refractivity contribution in [1.29, 1.82) is 0 Å². The fourth-order valence-corrected chi connectivity index (χ4v) is 2.59. The Morgan fingerprint density at radius 3 is 3.11 bits per heavy atom. The highest BCUT2D eigenvalue weighted by atomic mass is 14.9. The van der Waals surface area contributed by atoms with E-state index in [9.17, 15) is 0 Å². The van der Waals surface area contributed by atoms with E-state index in [1.54, 1.807) is 0 Å². The van der Waals surface area contributed by atoms with Crippen molar-refractivity contribution in [2.24, 2.45) is 0 Å². The fourth-order valence-electron chi connectivity index (χ4n) is 2.59. The first-order valence-corrected chi connectivity index (χ1v) is 6.85. The van der Waals surface area contributed by atoms with Crippen LogP contribution in [0.15, 0.2) is 36.5 Å². The highest BCUT2D eigenvalue weighted by Gasteiger charge is 2.12. The first kappa shape index (κ1) is 12.0. The van der Waals surface area contributed by atoms with Crippen LogP contribution in [0.5, 0.6) is 0 Å². The maximum absolute atomic E-state index is 4.30. The number of anilines is 2. The van der Waals surface area contributed by atoms with E-state index < -0.39 is 0 Å². The average Bonchev–Trinajstić information content (AvgIpc) is 2.46. The maximum atomic E-state index is 4.30. The predicted molar refractivity (Wildman–Crippen MR) is 79.6 cm³/mol. The molecule has 3 nitrogen and oxygen atoms in total. The first-order chi connectivity index (χ1) is 9.34. The molecular weight excluding hydrogens is 234 g/mol. The molecule has 0 radical (unpaired) electrons. The van der Waals surface area contributed by atoms with E-state index in [0.29, 0.717) is 0 Å². The number of rotatable bonds is 3. The molecule has 0 spiro atoms. The second-order valence-corrected chi connectivity index (χ2v) is 4.97. The van der Waals surface area contributed by atoms with E-state index in [1.165, 1.54) is 29.7 Å². The van der Waals surface area contributed by atoms with Crippen LogP contribution in [-0.2, 0) is 13.0 Å². The SMILES string of the molecule is Cc1ncccc1NCc1cccc2c1NCCC2. The molecular formula is C16H19N3. The summed E-state index contributed by atoms with van der Waals surface area (Å²) in [5.41, 5.74) is 6.24. The quantitative estimate of drug-likeness (QED) is 0.880. The van der Waals surface area contributed by atoms with Crippen molar-refractivity contribution in [2.75, 3.05) is 17.2 Å². The van der Waals surface area contributed by atoms with Gasteiger partial charge in [0.1, 0.15) is 0 Å². The van der Waals surface area contributed by atoms with Gasteiger partial charge in [-0.2, -0.15) is 0 Å². The molecule has 98 valence electrons. The van der Waals surface area contributed by atoms with Gasteiger partial charge in [-0.05, 0) is 43.0 Å². The lowest BCUT2D eigenvalue weighted by atomic mass is 9.99. The molecule has 1 aromatic heterocycles. The van der Waals surface area contributed by atoms with E-state index in [-0.39, 0.29) is 0 Å². The molecule has 0 saturated carbocycles. The summed E-state index contributed by atoms with van der Waals surface area (Å²) >= 11 is 0. The van der Waals surface area contributed by atoms with Crippen LogP contribution in [0, 0.1) is 6.92 Å². The van der Waals surface area contributed by atoms with Crippen LogP contribution in [0.4, 0.5) is 11.4 Å². The number of para-hydroxylation sites is 1. The van der Waals surface area contributed by atoms with Crippen molar-refractivity contribution in [3.8, 4) is 0 Å². The van der Waals surface area contributed by atoms with Gasteiger partial charge in [0.25, 0.3) is 0 Å². The van der Waals surface area contributed by atoms with Crippen LogP contribution >= 0.6 is 0 Å². The number of nitrogens with one attached hydrogen (secondary N) is 2. The lowest BCUT2D eigenvalue weighted by Gasteiger charge is -2.21. The molecule has 2 heterocycles. The van der Waals surface area contributed by atoms with Gasteiger partial charge in [-0.1, -0.05) is 18.2 Å². The minimum atomic E-state index is 0.836. The number of pyridine rings is 1. The summed E-state index contributed by atoms with van der Waals surface area (Å²) in [5.74, 6) is 0. The van der Waals surface area contributed by atoms with Gasteiger partial charge in [0, 0.05) is 25.0 Å². The van der Waals surface area contributed by atoms with Crippen LogP contribution in [0.3, 0.4) is 0 Å². The van der Waals surface area contributed by atoms with Crippen molar-refractivity contribution in [3.63, 3.8) is 0 Å². The van der Waals surface area contributed by atoms with Crippen LogP contribution in [0.1, 0.15) is 23.2 Å². The summed E-state index contributed by atoms with van der Waals surface area (Å²) in [7, 11) is 0. The predicted octanol–water partition coefficient (Wildman–Crippen LogP) is 3.36. The Labute approximate surface area is 114 Å². The second-order valence-electron chi connectivity index (χ2n) is 4.97.